The van der Waals surface area contributed by atoms with Gasteiger partial charge in [-0.3, -0.25) is 0 Å². The fourth-order valence-electron chi connectivity index (χ4n) is 4.22. The predicted octanol–water partition coefficient (Wildman–Crippen LogP) is 6.65. The summed E-state index contributed by atoms with van der Waals surface area (Å²) in [6, 6.07) is 19.4. The van der Waals surface area contributed by atoms with Gasteiger partial charge in [0.15, 0.2) is 6.10 Å². The largest absolute Gasteiger partial charge is 0.370 e. The lowest BCUT2D eigenvalue weighted by atomic mass is 9.77. The minimum atomic E-state index is -3.10. The second-order valence-electron chi connectivity index (χ2n) is 9.76. The van der Waals surface area contributed by atoms with E-state index < -0.39 is 29.6 Å². The van der Waals surface area contributed by atoms with Gasteiger partial charge in [0, 0.05) is 11.3 Å². The molecule has 3 rings (SSSR count). The Kier molecular flexibility index (Phi) is 8.07. The van der Waals surface area contributed by atoms with Crippen molar-refractivity contribution in [2.45, 2.75) is 84.6 Å². The third kappa shape index (κ3) is 5.56. The molecule has 32 heavy (non-hydrogen) atoms. The van der Waals surface area contributed by atoms with Crippen LogP contribution in [0.2, 0.25) is 0 Å². The fourth-order valence-corrected chi connectivity index (χ4v) is 4.22. The summed E-state index contributed by atoms with van der Waals surface area (Å²) < 4.78 is 50.0. The quantitative estimate of drug-likeness (QED) is 0.454. The van der Waals surface area contributed by atoms with Gasteiger partial charge in [-0.1, -0.05) is 95.3 Å². The van der Waals surface area contributed by atoms with E-state index in [2.05, 4.69) is 0 Å². The molecule has 0 aliphatic carbocycles. The highest BCUT2D eigenvalue weighted by Crippen LogP contribution is 2.46. The van der Waals surface area contributed by atoms with Gasteiger partial charge in [-0.05, 0) is 17.5 Å². The van der Waals surface area contributed by atoms with Crippen molar-refractivity contribution in [3.63, 3.8) is 0 Å². The van der Waals surface area contributed by atoms with Crippen LogP contribution >= 0.6 is 0 Å². The molecular weight excluding hydrogens is 410 g/mol. The number of ether oxygens (including phenoxy) is 3. The Balaban J connectivity index is 1.91. The molecule has 2 aromatic carbocycles. The van der Waals surface area contributed by atoms with Crippen LogP contribution in [0, 0.1) is 11.3 Å². The first kappa shape index (κ1) is 24.8. The molecule has 0 saturated carbocycles. The highest BCUT2D eigenvalue weighted by Gasteiger charge is 2.59. The van der Waals surface area contributed by atoms with Crippen molar-refractivity contribution < 1.29 is 23.0 Å². The topological polar surface area (TPSA) is 27.7 Å². The Hall–Kier alpha value is -1.82. The molecule has 1 aliphatic rings. The van der Waals surface area contributed by atoms with E-state index in [4.69, 9.17) is 14.2 Å². The van der Waals surface area contributed by atoms with Crippen LogP contribution in [0.15, 0.2) is 60.7 Å². The normalized spacial score (nSPS) is 26.8. The van der Waals surface area contributed by atoms with Crippen molar-refractivity contribution in [1.82, 2.24) is 0 Å². The monoisotopic (exact) mass is 446 g/mol. The molecule has 1 aliphatic heterocycles. The van der Waals surface area contributed by atoms with E-state index in [1.807, 2.05) is 74.5 Å². The summed E-state index contributed by atoms with van der Waals surface area (Å²) in [4.78, 5) is 0. The van der Waals surface area contributed by atoms with Crippen molar-refractivity contribution in [3.05, 3.63) is 71.8 Å². The molecule has 1 heterocycles. The predicted molar refractivity (Wildman–Crippen MR) is 123 cm³/mol. The molecule has 0 bridgehead atoms. The zero-order valence-corrected chi connectivity index (χ0v) is 19.8. The van der Waals surface area contributed by atoms with Gasteiger partial charge >= 0.3 is 0 Å². The Bertz CT molecular complexity index is 820. The first-order valence-corrected chi connectivity index (χ1v) is 11.5. The smallest absolute Gasteiger partial charge is 0.281 e. The minimum absolute atomic E-state index is 0.0866. The molecule has 3 nitrogen and oxygen atoms in total. The van der Waals surface area contributed by atoms with Gasteiger partial charge in [0.2, 0.25) is 0 Å². The molecule has 5 heteroatoms. The number of hydrogen-bond acceptors (Lipinski definition) is 3. The van der Waals surface area contributed by atoms with Crippen LogP contribution in [0.5, 0.6) is 0 Å². The fraction of sp³-hybridized carbons (Fsp3) is 0.556. The van der Waals surface area contributed by atoms with E-state index in [1.54, 1.807) is 20.8 Å². The molecule has 0 amide bonds. The van der Waals surface area contributed by atoms with Gasteiger partial charge in [-0.15, -0.1) is 0 Å². The third-order valence-electron chi connectivity index (χ3n) is 6.38. The van der Waals surface area contributed by atoms with Crippen LogP contribution in [0.1, 0.15) is 52.2 Å². The summed E-state index contributed by atoms with van der Waals surface area (Å²) in [6.45, 7) is 9.17. The average Bonchev–Trinajstić information content (AvgIpc) is 2.77. The summed E-state index contributed by atoms with van der Waals surface area (Å²) in [5.41, 5.74) is 0.645. The maximum Gasteiger partial charge on any atom is 0.281 e. The van der Waals surface area contributed by atoms with Crippen molar-refractivity contribution in [2.75, 3.05) is 0 Å². The number of alkyl halides is 2. The Morgan fingerprint density at radius 1 is 0.812 bits per heavy atom. The van der Waals surface area contributed by atoms with Crippen LogP contribution in [0.3, 0.4) is 0 Å². The highest BCUT2D eigenvalue weighted by atomic mass is 19.3. The summed E-state index contributed by atoms with van der Waals surface area (Å²) in [5, 5.41) is 0. The minimum Gasteiger partial charge on any atom is -0.370 e. The molecular formula is C27H36F2O3. The van der Waals surface area contributed by atoms with Gasteiger partial charge < -0.3 is 14.2 Å². The molecule has 1 saturated heterocycles. The van der Waals surface area contributed by atoms with E-state index in [1.165, 1.54) is 0 Å². The van der Waals surface area contributed by atoms with E-state index in [-0.39, 0.29) is 18.6 Å². The summed E-state index contributed by atoms with van der Waals surface area (Å²) >= 11 is 0. The van der Waals surface area contributed by atoms with Crippen molar-refractivity contribution in [1.29, 1.82) is 0 Å². The summed E-state index contributed by atoms with van der Waals surface area (Å²) in [6.07, 6.45) is -2.51. The van der Waals surface area contributed by atoms with Crippen LogP contribution in [0.25, 0.3) is 0 Å². The molecule has 2 aromatic rings. The summed E-state index contributed by atoms with van der Waals surface area (Å²) in [7, 11) is 0. The number of benzene rings is 2. The highest BCUT2D eigenvalue weighted by molar-refractivity contribution is 5.15. The van der Waals surface area contributed by atoms with Crippen LogP contribution in [-0.2, 0) is 27.4 Å². The lowest BCUT2D eigenvalue weighted by molar-refractivity contribution is -0.303. The second-order valence-corrected chi connectivity index (χ2v) is 9.76. The van der Waals surface area contributed by atoms with Gasteiger partial charge in [-0.2, -0.15) is 0 Å². The molecule has 0 aromatic heterocycles. The van der Waals surface area contributed by atoms with Gasteiger partial charge in [0.25, 0.3) is 5.92 Å². The average molecular weight is 447 g/mol. The molecule has 176 valence electrons. The summed E-state index contributed by atoms with van der Waals surface area (Å²) in [5.74, 6) is -3.19. The lowest BCUT2D eigenvalue weighted by Gasteiger charge is -2.50. The van der Waals surface area contributed by atoms with E-state index in [0.29, 0.717) is 13.0 Å². The van der Waals surface area contributed by atoms with Crippen molar-refractivity contribution >= 4 is 0 Å². The van der Waals surface area contributed by atoms with E-state index in [9.17, 15) is 0 Å². The van der Waals surface area contributed by atoms with Crippen LogP contribution < -0.4 is 0 Å². The Labute approximate surface area is 191 Å². The van der Waals surface area contributed by atoms with Crippen LogP contribution in [-0.4, -0.2) is 30.3 Å². The molecule has 0 spiro atoms. The molecule has 5 atom stereocenters. The zero-order valence-electron chi connectivity index (χ0n) is 19.8. The SMILES string of the molecule is CC[C@H]1O[C@@H](C(F)(F)C(C)(C)C)[C@H](OCc2ccccc2)[C@@H](OCc2ccccc2)[C@H]1C. The second kappa shape index (κ2) is 10.4. The van der Waals surface area contributed by atoms with E-state index in [0.717, 1.165) is 11.1 Å². The molecule has 0 N–H and O–H groups in total. The van der Waals surface area contributed by atoms with Crippen LogP contribution in [0.4, 0.5) is 8.78 Å². The number of hydrogen-bond donors (Lipinski definition) is 0. The van der Waals surface area contributed by atoms with Gasteiger partial charge in [0.05, 0.1) is 25.4 Å². The molecule has 0 radical (unpaired) electrons. The van der Waals surface area contributed by atoms with Gasteiger partial charge in [-0.25, -0.2) is 8.78 Å². The van der Waals surface area contributed by atoms with Crippen molar-refractivity contribution in [3.8, 4) is 0 Å². The third-order valence-corrected chi connectivity index (χ3v) is 6.38. The van der Waals surface area contributed by atoms with Crippen molar-refractivity contribution in [2.24, 2.45) is 11.3 Å². The number of rotatable bonds is 8. The first-order chi connectivity index (χ1) is 15.1. The Morgan fingerprint density at radius 2 is 1.28 bits per heavy atom. The zero-order chi connectivity index (χ0) is 23.4. The first-order valence-electron chi connectivity index (χ1n) is 11.5. The molecule has 0 unspecified atom stereocenters. The molecule has 1 fully saturated rings. The standard InChI is InChI=1S/C27H36F2O3/c1-6-22-19(2)23(30-17-20-13-9-7-10-14-20)24(31-18-21-15-11-8-12-16-21)25(32-22)27(28,29)26(3,4)5/h7-16,19,22-25H,6,17-18H2,1-5H3/t19-,22+,23-,24+,25+/m0/s1. The Morgan fingerprint density at radius 3 is 1.72 bits per heavy atom. The lowest BCUT2D eigenvalue weighted by Crippen LogP contribution is -2.63. The number of halogens is 2. The van der Waals surface area contributed by atoms with E-state index >= 15 is 8.78 Å². The maximum atomic E-state index is 15.7. The van der Waals surface area contributed by atoms with Gasteiger partial charge in [0.1, 0.15) is 6.10 Å². The maximum absolute atomic E-state index is 15.7.